The summed E-state index contributed by atoms with van der Waals surface area (Å²) in [6, 6.07) is 13.0. The summed E-state index contributed by atoms with van der Waals surface area (Å²) in [5.74, 6) is 1.85. The Balaban J connectivity index is 1.53. The van der Waals surface area contributed by atoms with Gasteiger partial charge in [0.05, 0.1) is 6.54 Å². The number of rotatable bonds is 9. The molecule has 0 saturated carbocycles. The van der Waals surface area contributed by atoms with Crippen LogP contribution in [0.1, 0.15) is 38.0 Å². The van der Waals surface area contributed by atoms with Crippen LogP contribution in [-0.2, 0) is 17.9 Å². The van der Waals surface area contributed by atoms with Crippen molar-refractivity contribution in [3.8, 4) is 5.75 Å². The lowest BCUT2D eigenvalue weighted by Crippen LogP contribution is -2.32. The van der Waals surface area contributed by atoms with Gasteiger partial charge in [-0.15, -0.1) is 0 Å². The van der Waals surface area contributed by atoms with Crippen LogP contribution in [0.25, 0.3) is 0 Å². The summed E-state index contributed by atoms with van der Waals surface area (Å²) in [5, 5.41) is 6.77. The van der Waals surface area contributed by atoms with E-state index in [9.17, 15) is 4.79 Å². The van der Waals surface area contributed by atoms with E-state index >= 15 is 0 Å². The third kappa shape index (κ3) is 5.44. The van der Waals surface area contributed by atoms with Crippen LogP contribution >= 0.6 is 0 Å². The molecule has 0 bridgehead atoms. The molecule has 7 nitrogen and oxygen atoms in total. The molecule has 1 N–H and O–H groups in total. The van der Waals surface area contributed by atoms with Gasteiger partial charge in [-0.2, -0.15) is 4.98 Å². The average molecular weight is 368 g/mol. The second kappa shape index (κ2) is 9.02. The Morgan fingerprint density at radius 1 is 1.19 bits per heavy atom. The molecule has 0 radical (unpaired) electrons. The molecular formula is C20H24N4O3. The fourth-order valence-electron chi connectivity index (χ4n) is 2.73. The maximum Gasteiger partial charge on any atom is 0.246 e. The monoisotopic (exact) mass is 368 g/mol. The first-order chi connectivity index (χ1) is 13.1. The maximum absolute atomic E-state index is 12.6. The minimum Gasteiger partial charge on any atom is -0.485 e. The number of amides is 1. The summed E-state index contributed by atoms with van der Waals surface area (Å²) < 4.78 is 12.7. The highest BCUT2D eigenvalue weighted by Crippen LogP contribution is 2.18. The quantitative estimate of drug-likeness (QED) is 0.626. The van der Waals surface area contributed by atoms with E-state index in [0.29, 0.717) is 17.6 Å². The molecule has 142 valence electrons. The summed E-state index contributed by atoms with van der Waals surface area (Å²) in [5.41, 5.74) is 0. The van der Waals surface area contributed by atoms with E-state index in [1.807, 2.05) is 59.4 Å². The predicted octanol–water partition coefficient (Wildman–Crippen LogP) is 3.35. The zero-order valence-electron chi connectivity index (χ0n) is 15.5. The van der Waals surface area contributed by atoms with E-state index in [1.54, 1.807) is 0 Å². The van der Waals surface area contributed by atoms with Crippen molar-refractivity contribution < 1.29 is 14.1 Å². The molecule has 0 saturated heterocycles. The van der Waals surface area contributed by atoms with Gasteiger partial charge < -0.3 is 19.1 Å². The normalized spacial score (nSPS) is 12.1. The van der Waals surface area contributed by atoms with Crippen LogP contribution in [-0.4, -0.2) is 20.6 Å². The molecule has 1 atom stereocenters. The molecule has 0 unspecified atom stereocenters. The van der Waals surface area contributed by atoms with Gasteiger partial charge in [-0.1, -0.05) is 37.2 Å². The number of nitrogens with one attached hydrogen (secondary N) is 1. The summed E-state index contributed by atoms with van der Waals surface area (Å²) in [6.07, 6.45) is 4.55. The third-order valence-corrected chi connectivity index (χ3v) is 4.02. The number of aromatic nitrogens is 3. The molecule has 0 aliphatic heterocycles. The molecule has 7 heteroatoms. The molecule has 1 amide bonds. The first-order valence-electron chi connectivity index (χ1n) is 9.01. The van der Waals surface area contributed by atoms with Crippen molar-refractivity contribution in [2.45, 2.75) is 39.5 Å². The van der Waals surface area contributed by atoms with Gasteiger partial charge >= 0.3 is 0 Å². The van der Waals surface area contributed by atoms with Gasteiger partial charge in [-0.05, 0) is 36.6 Å². The van der Waals surface area contributed by atoms with E-state index in [2.05, 4.69) is 29.3 Å². The van der Waals surface area contributed by atoms with E-state index in [-0.39, 0.29) is 25.1 Å². The zero-order chi connectivity index (χ0) is 19.1. The molecule has 27 heavy (non-hydrogen) atoms. The van der Waals surface area contributed by atoms with Gasteiger partial charge in [-0.25, -0.2) is 0 Å². The van der Waals surface area contributed by atoms with Crippen molar-refractivity contribution in [1.82, 2.24) is 20.0 Å². The first-order valence-corrected chi connectivity index (χ1v) is 9.01. The van der Waals surface area contributed by atoms with Crippen LogP contribution in [0, 0.1) is 5.92 Å². The van der Waals surface area contributed by atoms with Gasteiger partial charge in [0.1, 0.15) is 11.8 Å². The van der Waals surface area contributed by atoms with E-state index in [1.165, 1.54) is 0 Å². The summed E-state index contributed by atoms with van der Waals surface area (Å²) in [4.78, 5) is 16.9. The molecule has 0 fully saturated rings. The van der Waals surface area contributed by atoms with Crippen LogP contribution in [0.2, 0.25) is 0 Å². The van der Waals surface area contributed by atoms with Crippen LogP contribution in [0.3, 0.4) is 0 Å². The number of ether oxygens (including phenoxy) is 1. The fraction of sp³-hybridized carbons (Fsp3) is 0.350. The Bertz CT molecular complexity index is 828. The number of para-hydroxylation sites is 1. The predicted molar refractivity (Wildman–Crippen MR) is 99.8 cm³/mol. The Kier molecular flexibility index (Phi) is 6.25. The van der Waals surface area contributed by atoms with Crippen molar-refractivity contribution in [2.75, 3.05) is 0 Å². The highest BCUT2D eigenvalue weighted by Gasteiger charge is 2.21. The molecular weight excluding hydrogens is 344 g/mol. The van der Waals surface area contributed by atoms with Crippen molar-refractivity contribution in [3.63, 3.8) is 0 Å². The molecule has 3 aromatic rings. The third-order valence-electron chi connectivity index (χ3n) is 4.02. The maximum atomic E-state index is 12.6. The lowest BCUT2D eigenvalue weighted by molar-refractivity contribution is -0.125. The van der Waals surface area contributed by atoms with Crippen LogP contribution in [0.4, 0.5) is 0 Å². The number of hydrogen-bond acceptors (Lipinski definition) is 5. The Morgan fingerprint density at radius 3 is 2.63 bits per heavy atom. The molecule has 2 aromatic heterocycles. The first kappa shape index (κ1) is 18.7. The average Bonchev–Trinajstić information content (AvgIpc) is 3.35. The Morgan fingerprint density at radius 2 is 1.93 bits per heavy atom. The summed E-state index contributed by atoms with van der Waals surface area (Å²) >= 11 is 0. The number of carbonyl (C=O) groups excluding carboxylic acids is 1. The minimum absolute atomic E-state index is 0.0693. The highest BCUT2D eigenvalue weighted by atomic mass is 16.5. The zero-order valence-corrected chi connectivity index (χ0v) is 15.5. The summed E-state index contributed by atoms with van der Waals surface area (Å²) in [6.45, 7) is 4.59. The lowest BCUT2D eigenvalue weighted by Gasteiger charge is -2.20. The molecule has 0 aliphatic carbocycles. The largest absolute Gasteiger partial charge is 0.485 e. The number of carbonyl (C=O) groups is 1. The second-order valence-corrected chi connectivity index (χ2v) is 6.70. The SMILES string of the molecule is CC(C)C[C@@H](C(=O)NCc1nc(COc2ccccc2)no1)n1cccc1. The number of nitrogens with zero attached hydrogens (tertiary/aromatic N) is 3. The summed E-state index contributed by atoms with van der Waals surface area (Å²) in [7, 11) is 0. The molecule has 3 rings (SSSR count). The molecule has 0 spiro atoms. The number of hydrogen-bond donors (Lipinski definition) is 1. The van der Waals surface area contributed by atoms with Crippen molar-refractivity contribution in [3.05, 3.63) is 66.6 Å². The minimum atomic E-state index is -0.260. The molecule has 2 heterocycles. The van der Waals surface area contributed by atoms with Gasteiger partial charge in [-0.3, -0.25) is 4.79 Å². The van der Waals surface area contributed by atoms with Gasteiger partial charge in [0.2, 0.25) is 17.6 Å². The van der Waals surface area contributed by atoms with Crippen LogP contribution in [0.5, 0.6) is 5.75 Å². The molecule has 1 aromatic carbocycles. The van der Waals surface area contributed by atoms with E-state index < -0.39 is 0 Å². The standard InChI is InChI=1S/C20H24N4O3/c1-15(2)12-17(24-10-6-7-11-24)20(25)21-13-19-22-18(23-27-19)14-26-16-8-4-3-5-9-16/h3-11,15,17H,12-14H2,1-2H3,(H,21,25)/t17-/m0/s1. The topological polar surface area (TPSA) is 82.2 Å². The number of benzene rings is 1. The Hall–Kier alpha value is -3.09. The van der Waals surface area contributed by atoms with E-state index in [4.69, 9.17) is 9.26 Å². The van der Waals surface area contributed by atoms with Gasteiger partial charge in [0.15, 0.2) is 6.61 Å². The van der Waals surface area contributed by atoms with Crippen molar-refractivity contribution in [2.24, 2.45) is 5.92 Å². The molecule has 0 aliphatic rings. The van der Waals surface area contributed by atoms with Crippen molar-refractivity contribution >= 4 is 5.91 Å². The fourth-order valence-corrected chi connectivity index (χ4v) is 2.73. The van der Waals surface area contributed by atoms with Crippen LogP contribution in [0.15, 0.2) is 59.4 Å². The van der Waals surface area contributed by atoms with Gasteiger partial charge in [0.25, 0.3) is 0 Å². The smallest absolute Gasteiger partial charge is 0.246 e. The van der Waals surface area contributed by atoms with Crippen molar-refractivity contribution in [1.29, 1.82) is 0 Å². The lowest BCUT2D eigenvalue weighted by atomic mass is 10.0. The van der Waals surface area contributed by atoms with Gasteiger partial charge in [0, 0.05) is 12.4 Å². The van der Waals surface area contributed by atoms with Crippen LogP contribution < -0.4 is 10.1 Å². The highest BCUT2D eigenvalue weighted by molar-refractivity contribution is 5.80. The second-order valence-electron chi connectivity index (χ2n) is 6.70. The Labute approximate surface area is 158 Å². The van der Waals surface area contributed by atoms with E-state index in [0.717, 1.165) is 12.2 Å².